The molecule has 2 fully saturated rings. The molecule has 1 aliphatic heterocycles. The molecule has 1 saturated heterocycles. The fourth-order valence-electron chi connectivity index (χ4n) is 3.56. The fraction of sp³-hybridized carbons (Fsp3) is 0.588. The number of piperidine rings is 1. The molecule has 2 aromatic rings. The van der Waals surface area contributed by atoms with Gasteiger partial charge in [-0.1, -0.05) is 0 Å². The van der Waals surface area contributed by atoms with Crippen LogP contribution in [0.3, 0.4) is 0 Å². The number of hydrogen-bond donors (Lipinski definition) is 2. The van der Waals surface area contributed by atoms with Crippen molar-refractivity contribution in [3.8, 4) is 0 Å². The highest BCUT2D eigenvalue weighted by atomic mass is 15.2. The van der Waals surface area contributed by atoms with Crippen molar-refractivity contribution in [3.63, 3.8) is 0 Å². The van der Waals surface area contributed by atoms with Crippen LogP contribution in [0, 0.1) is 5.92 Å². The van der Waals surface area contributed by atoms with Crippen LogP contribution < -0.4 is 5.32 Å². The van der Waals surface area contributed by atoms with E-state index in [1.807, 2.05) is 12.3 Å². The van der Waals surface area contributed by atoms with E-state index in [9.17, 15) is 0 Å². The molecule has 112 valence electrons. The molecule has 0 aromatic carbocycles. The molecule has 4 rings (SSSR count). The minimum Gasteiger partial charge on any atom is -0.346 e. The zero-order valence-electron chi connectivity index (χ0n) is 12.5. The maximum atomic E-state index is 4.40. The summed E-state index contributed by atoms with van der Waals surface area (Å²) < 4.78 is 0. The van der Waals surface area contributed by atoms with Gasteiger partial charge in [-0.2, -0.15) is 0 Å². The SMILES string of the molecule is c1cnc2[nH]cc(CN(CC3CCCNC3)C3CC3)c2c1. The van der Waals surface area contributed by atoms with Crippen molar-refractivity contribution in [2.45, 2.75) is 38.3 Å². The molecule has 0 spiro atoms. The number of nitrogens with one attached hydrogen (secondary N) is 2. The third kappa shape index (κ3) is 2.97. The van der Waals surface area contributed by atoms with Crippen molar-refractivity contribution in [3.05, 3.63) is 30.1 Å². The second kappa shape index (κ2) is 5.78. The second-order valence-corrected chi connectivity index (χ2v) is 6.59. The van der Waals surface area contributed by atoms with Crippen molar-refractivity contribution < 1.29 is 0 Å². The summed E-state index contributed by atoms with van der Waals surface area (Å²) in [6, 6.07) is 5.03. The van der Waals surface area contributed by atoms with Crippen molar-refractivity contribution in [2.75, 3.05) is 19.6 Å². The molecule has 2 aliphatic rings. The number of aromatic amines is 1. The molecule has 4 heteroatoms. The number of aromatic nitrogens is 2. The minimum absolute atomic E-state index is 0.813. The highest BCUT2D eigenvalue weighted by molar-refractivity contribution is 5.79. The molecular formula is C17H24N4. The Bertz CT molecular complexity index is 596. The van der Waals surface area contributed by atoms with Gasteiger partial charge in [0.15, 0.2) is 0 Å². The van der Waals surface area contributed by atoms with Gasteiger partial charge in [-0.05, 0) is 62.4 Å². The van der Waals surface area contributed by atoms with Gasteiger partial charge in [0.25, 0.3) is 0 Å². The van der Waals surface area contributed by atoms with E-state index in [0.29, 0.717) is 0 Å². The molecule has 1 saturated carbocycles. The highest BCUT2D eigenvalue weighted by Crippen LogP contribution is 2.31. The van der Waals surface area contributed by atoms with E-state index in [0.717, 1.165) is 24.2 Å². The smallest absolute Gasteiger partial charge is 0.137 e. The van der Waals surface area contributed by atoms with Crippen molar-refractivity contribution in [1.29, 1.82) is 0 Å². The van der Waals surface area contributed by atoms with Crippen LogP contribution in [0.15, 0.2) is 24.5 Å². The van der Waals surface area contributed by atoms with Gasteiger partial charge < -0.3 is 10.3 Å². The molecule has 0 amide bonds. The van der Waals surface area contributed by atoms with Crippen molar-refractivity contribution >= 4 is 11.0 Å². The van der Waals surface area contributed by atoms with Gasteiger partial charge in [0.2, 0.25) is 0 Å². The first-order chi connectivity index (χ1) is 10.4. The average Bonchev–Trinajstić information content (AvgIpc) is 3.30. The van der Waals surface area contributed by atoms with Gasteiger partial charge in [0, 0.05) is 36.9 Å². The van der Waals surface area contributed by atoms with Crippen molar-refractivity contribution in [2.24, 2.45) is 5.92 Å². The third-order valence-electron chi connectivity index (χ3n) is 4.87. The van der Waals surface area contributed by atoms with E-state index in [1.165, 1.54) is 56.3 Å². The summed E-state index contributed by atoms with van der Waals surface area (Å²) in [5.74, 6) is 0.822. The van der Waals surface area contributed by atoms with Crippen LogP contribution in [0.4, 0.5) is 0 Å². The predicted octanol–water partition coefficient (Wildman–Crippen LogP) is 2.53. The van der Waals surface area contributed by atoms with E-state index in [2.05, 4.69) is 32.4 Å². The second-order valence-electron chi connectivity index (χ2n) is 6.59. The largest absolute Gasteiger partial charge is 0.346 e. The van der Waals surface area contributed by atoms with Crippen LogP contribution in [0.2, 0.25) is 0 Å². The molecule has 0 bridgehead atoms. The molecule has 1 unspecified atom stereocenters. The quantitative estimate of drug-likeness (QED) is 0.887. The molecule has 1 atom stereocenters. The molecule has 21 heavy (non-hydrogen) atoms. The molecule has 0 radical (unpaired) electrons. The van der Waals surface area contributed by atoms with Crippen LogP contribution >= 0.6 is 0 Å². The molecule has 4 nitrogen and oxygen atoms in total. The Labute approximate surface area is 125 Å². The normalized spacial score (nSPS) is 23.0. The number of fused-ring (bicyclic) bond motifs is 1. The lowest BCUT2D eigenvalue weighted by Gasteiger charge is -2.30. The Morgan fingerprint density at radius 2 is 2.24 bits per heavy atom. The van der Waals surface area contributed by atoms with Gasteiger partial charge in [0.1, 0.15) is 5.65 Å². The number of H-pyrrole nitrogens is 1. The Morgan fingerprint density at radius 1 is 1.29 bits per heavy atom. The average molecular weight is 284 g/mol. The standard InChI is InChI=1S/C17H24N4/c1-3-13(9-18-7-1)11-21(15-5-6-15)12-14-10-20-17-16(14)4-2-8-19-17/h2,4,8,10,13,15,18H,1,3,5-7,9,11-12H2,(H,19,20). The number of pyridine rings is 1. The molecule has 2 aromatic heterocycles. The minimum atomic E-state index is 0.813. The van der Waals surface area contributed by atoms with Crippen LogP contribution in [0.25, 0.3) is 11.0 Å². The summed E-state index contributed by atoms with van der Waals surface area (Å²) in [7, 11) is 0. The number of rotatable bonds is 5. The summed E-state index contributed by atoms with van der Waals surface area (Å²) in [6.07, 6.45) is 9.47. The van der Waals surface area contributed by atoms with E-state index < -0.39 is 0 Å². The first-order valence-electron chi connectivity index (χ1n) is 8.26. The molecule has 3 heterocycles. The zero-order valence-corrected chi connectivity index (χ0v) is 12.5. The molecular weight excluding hydrogens is 260 g/mol. The third-order valence-corrected chi connectivity index (χ3v) is 4.87. The Morgan fingerprint density at radius 3 is 3.05 bits per heavy atom. The maximum Gasteiger partial charge on any atom is 0.137 e. The lowest BCUT2D eigenvalue weighted by Crippen LogP contribution is -2.39. The molecule has 1 aliphatic carbocycles. The van der Waals surface area contributed by atoms with Gasteiger partial charge in [-0.3, -0.25) is 4.90 Å². The maximum absolute atomic E-state index is 4.40. The molecule has 2 N–H and O–H groups in total. The summed E-state index contributed by atoms with van der Waals surface area (Å²) >= 11 is 0. The van der Waals surface area contributed by atoms with Gasteiger partial charge in [0.05, 0.1) is 0 Å². The topological polar surface area (TPSA) is 44.0 Å². The lowest BCUT2D eigenvalue weighted by atomic mass is 9.98. The number of nitrogens with zero attached hydrogens (tertiary/aromatic N) is 2. The van der Waals surface area contributed by atoms with Crippen LogP contribution in [-0.4, -0.2) is 40.5 Å². The lowest BCUT2D eigenvalue weighted by molar-refractivity contribution is 0.193. The Hall–Kier alpha value is -1.39. The van der Waals surface area contributed by atoms with E-state index in [1.54, 1.807) is 0 Å². The van der Waals surface area contributed by atoms with Gasteiger partial charge in [-0.25, -0.2) is 4.98 Å². The monoisotopic (exact) mass is 284 g/mol. The van der Waals surface area contributed by atoms with E-state index in [-0.39, 0.29) is 0 Å². The van der Waals surface area contributed by atoms with Gasteiger partial charge in [-0.15, -0.1) is 0 Å². The highest BCUT2D eigenvalue weighted by Gasteiger charge is 2.31. The predicted molar refractivity (Wildman–Crippen MR) is 85.1 cm³/mol. The summed E-state index contributed by atoms with van der Waals surface area (Å²) in [4.78, 5) is 10.4. The van der Waals surface area contributed by atoms with Crippen LogP contribution in [0.1, 0.15) is 31.2 Å². The van der Waals surface area contributed by atoms with E-state index >= 15 is 0 Å². The van der Waals surface area contributed by atoms with Crippen molar-refractivity contribution in [1.82, 2.24) is 20.2 Å². The Kier molecular flexibility index (Phi) is 3.65. The first kappa shape index (κ1) is 13.3. The summed E-state index contributed by atoms with van der Waals surface area (Å²) in [5, 5.41) is 4.83. The first-order valence-corrected chi connectivity index (χ1v) is 8.26. The number of hydrogen-bond acceptors (Lipinski definition) is 3. The van der Waals surface area contributed by atoms with Crippen LogP contribution in [0.5, 0.6) is 0 Å². The fourth-order valence-corrected chi connectivity index (χ4v) is 3.56. The summed E-state index contributed by atoms with van der Waals surface area (Å²) in [6.45, 7) is 4.70. The Balaban J connectivity index is 1.49. The van der Waals surface area contributed by atoms with Gasteiger partial charge >= 0.3 is 0 Å². The van der Waals surface area contributed by atoms with Crippen LogP contribution in [-0.2, 0) is 6.54 Å². The zero-order chi connectivity index (χ0) is 14.1. The van der Waals surface area contributed by atoms with E-state index in [4.69, 9.17) is 0 Å². The summed E-state index contributed by atoms with van der Waals surface area (Å²) in [5.41, 5.74) is 2.41.